The first-order valence-electron chi connectivity index (χ1n) is 8.10. The number of hydrogen-bond acceptors (Lipinski definition) is 5. The van der Waals surface area contributed by atoms with Crippen LogP contribution < -0.4 is 10.6 Å². The van der Waals surface area contributed by atoms with Gasteiger partial charge < -0.3 is 20.3 Å². The molecule has 1 aromatic heterocycles. The third-order valence-electron chi connectivity index (χ3n) is 3.48. The Morgan fingerprint density at radius 2 is 2.17 bits per heavy atom. The van der Waals surface area contributed by atoms with E-state index in [2.05, 4.69) is 20.7 Å². The molecule has 1 aromatic rings. The van der Waals surface area contributed by atoms with Gasteiger partial charge in [-0.3, -0.25) is 4.68 Å². The van der Waals surface area contributed by atoms with E-state index >= 15 is 0 Å². The van der Waals surface area contributed by atoms with Crippen LogP contribution in [-0.2, 0) is 11.3 Å². The number of nitrogens with zero attached hydrogens (tertiary/aromatic N) is 4. The number of carbonyl (C=O) groups excluding carboxylic acids is 2. The van der Waals surface area contributed by atoms with Crippen molar-refractivity contribution in [2.45, 2.75) is 58.3 Å². The molecule has 1 saturated heterocycles. The largest absolute Gasteiger partial charge is 0.444 e. The molecule has 0 radical (unpaired) electrons. The summed E-state index contributed by atoms with van der Waals surface area (Å²) < 4.78 is 7.00. The van der Waals surface area contributed by atoms with E-state index in [1.165, 1.54) is 6.33 Å². The summed E-state index contributed by atoms with van der Waals surface area (Å²) >= 11 is 0. The first kappa shape index (κ1) is 18.0. The van der Waals surface area contributed by atoms with Crippen molar-refractivity contribution < 1.29 is 14.3 Å². The Labute approximate surface area is 141 Å². The van der Waals surface area contributed by atoms with Gasteiger partial charge in [0.25, 0.3) is 0 Å². The summed E-state index contributed by atoms with van der Waals surface area (Å²) in [5.74, 6) is 0. The van der Waals surface area contributed by atoms with Gasteiger partial charge in [0.05, 0.1) is 6.54 Å². The second-order valence-electron chi connectivity index (χ2n) is 7.05. The Bertz CT molecular complexity index is 554. The molecule has 9 nitrogen and oxygen atoms in total. The van der Waals surface area contributed by atoms with Crippen LogP contribution >= 0.6 is 0 Å². The van der Waals surface area contributed by atoms with Gasteiger partial charge in [-0.2, -0.15) is 5.10 Å². The quantitative estimate of drug-likeness (QED) is 0.852. The van der Waals surface area contributed by atoms with Crippen molar-refractivity contribution in [3.05, 3.63) is 12.7 Å². The molecule has 1 aliphatic rings. The van der Waals surface area contributed by atoms with Crippen LogP contribution in [0.3, 0.4) is 0 Å². The van der Waals surface area contributed by atoms with Crippen LogP contribution in [0.1, 0.15) is 34.1 Å². The highest BCUT2D eigenvalue weighted by molar-refractivity contribution is 5.75. The average molecular weight is 338 g/mol. The maximum Gasteiger partial charge on any atom is 0.410 e. The van der Waals surface area contributed by atoms with Crippen LogP contribution in [0.4, 0.5) is 9.59 Å². The number of ether oxygens (including phenoxy) is 1. The molecule has 3 amide bonds. The van der Waals surface area contributed by atoms with E-state index in [4.69, 9.17) is 4.74 Å². The van der Waals surface area contributed by atoms with Crippen molar-refractivity contribution in [3.63, 3.8) is 0 Å². The Balaban J connectivity index is 1.72. The maximum absolute atomic E-state index is 12.0. The Kier molecular flexibility index (Phi) is 5.63. The summed E-state index contributed by atoms with van der Waals surface area (Å²) in [4.78, 5) is 29.5. The minimum absolute atomic E-state index is 0.0731. The number of likely N-dealkylation sites (tertiary alicyclic amines) is 1. The van der Waals surface area contributed by atoms with E-state index in [1.54, 1.807) is 15.9 Å². The van der Waals surface area contributed by atoms with Crippen LogP contribution in [0.5, 0.6) is 0 Å². The van der Waals surface area contributed by atoms with Gasteiger partial charge in [0, 0.05) is 25.2 Å². The van der Waals surface area contributed by atoms with E-state index in [0.29, 0.717) is 26.1 Å². The first-order valence-corrected chi connectivity index (χ1v) is 8.10. The number of rotatable bonds is 4. The minimum atomic E-state index is -0.517. The molecule has 134 valence electrons. The molecule has 0 spiro atoms. The summed E-state index contributed by atoms with van der Waals surface area (Å²) in [5.41, 5.74) is -0.517. The lowest BCUT2D eigenvalue weighted by atomic mass is 10.2. The Morgan fingerprint density at radius 3 is 2.79 bits per heavy atom. The summed E-state index contributed by atoms with van der Waals surface area (Å²) in [6.07, 6.45) is 3.43. The fraction of sp³-hybridized carbons (Fsp3) is 0.733. The van der Waals surface area contributed by atoms with E-state index in [-0.39, 0.29) is 24.2 Å². The van der Waals surface area contributed by atoms with Gasteiger partial charge in [0.2, 0.25) is 0 Å². The summed E-state index contributed by atoms with van der Waals surface area (Å²) in [6.45, 7) is 8.97. The third kappa shape index (κ3) is 5.71. The molecular weight excluding hydrogens is 312 g/mol. The summed E-state index contributed by atoms with van der Waals surface area (Å²) in [7, 11) is 0. The molecule has 1 aliphatic heterocycles. The van der Waals surface area contributed by atoms with Gasteiger partial charge in [-0.1, -0.05) is 0 Å². The third-order valence-corrected chi connectivity index (χ3v) is 3.48. The van der Waals surface area contributed by atoms with Crippen LogP contribution in [0, 0.1) is 0 Å². The summed E-state index contributed by atoms with van der Waals surface area (Å²) in [5, 5.41) is 9.75. The van der Waals surface area contributed by atoms with Gasteiger partial charge in [-0.05, 0) is 34.1 Å². The molecular formula is C15H26N6O3. The van der Waals surface area contributed by atoms with E-state index < -0.39 is 5.60 Å². The van der Waals surface area contributed by atoms with Crippen LogP contribution in [0.25, 0.3) is 0 Å². The van der Waals surface area contributed by atoms with E-state index in [9.17, 15) is 9.59 Å². The highest BCUT2D eigenvalue weighted by Crippen LogP contribution is 2.15. The predicted molar refractivity (Wildman–Crippen MR) is 87.4 cm³/mol. The topological polar surface area (TPSA) is 101 Å². The van der Waals surface area contributed by atoms with Gasteiger partial charge in [-0.25, -0.2) is 14.6 Å². The standard InChI is InChI=1S/C15H26N6O3/c1-11(7-21-10-16-9-17-21)18-13(22)19-12-5-6-20(8-12)14(23)24-15(2,3)4/h9-12H,5-8H2,1-4H3,(H2,18,19,22)/t11-,12+/m1/s1. The minimum Gasteiger partial charge on any atom is -0.444 e. The average Bonchev–Trinajstić information content (AvgIpc) is 3.07. The van der Waals surface area contributed by atoms with E-state index in [0.717, 1.165) is 0 Å². The Hall–Kier alpha value is -2.32. The number of hydrogen-bond donors (Lipinski definition) is 2. The first-order chi connectivity index (χ1) is 11.2. The molecule has 1 fully saturated rings. The number of carbonyl (C=O) groups is 2. The molecule has 0 aromatic carbocycles. The lowest BCUT2D eigenvalue weighted by Crippen LogP contribution is -2.47. The fourth-order valence-corrected chi connectivity index (χ4v) is 2.47. The molecule has 0 unspecified atom stereocenters. The normalized spacial score (nSPS) is 19.0. The van der Waals surface area contributed by atoms with Gasteiger partial charge in [0.15, 0.2) is 0 Å². The van der Waals surface area contributed by atoms with Crippen molar-refractivity contribution in [1.29, 1.82) is 0 Å². The zero-order chi connectivity index (χ0) is 17.7. The highest BCUT2D eigenvalue weighted by Gasteiger charge is 2.30. The SMILES string of the molecule is C[C@H](Cn1cncn1)NC(=O)N[C@H]1CCN(C(=O)OC(C)(C)C)C1. The van der Waals surface area contributed by atoms with Crippen molar-refractivity contribution in [2.24, 2.45) is 0 Å². The number of aromatic nitrogens is 3. The molecule has 2 heterocycles. The van der Waals surface area contributed by atoms with Crippen molar-refractivity contribution in [1.82, 2.24) is 30.3 Å². The van der Waals surface area contributed by atoms with E-state index in [1.807, 2.05) is 27.7 Å². The molecule has 0 aliphatic carbocycles. The smallest absolute Gasteiger partial charge is 0.410 e. The number of nitrogens with one attached hydrogen (secondary N) is 2. The number of urea groups is 1. The fourth-order valence-electron chi connectivity index (χ4n) is 2.47. The number of amides is 3. The molecule has 2 rings (SSSR count). The van der Waals surface area contributed by atoms with Crippen LogP contribution in [0.15, 0.2) is 12.7 Å². The van der Waals surface area contributed by atoms with Crippen molar-refractivity contribution in [3.8, 4) is 0 Å². The molecule has 0 saturated carbocycles. The van der Waals surface area contributed by atoms with Crippen molar-refractivity contribution in [2.75, 3.05) is 13.1 Å². The summed E-state index contributed by atoms with van der Waals surface area (Å²) in [6, 6.07) is -0.412. The zero-order valence-corrected chi connectivity index (χ0v) is 14.7. The predicted octanol–water partition coefficient (Wildman–Crippen LogP) is 0.975. The Morgan fingerprint density at radius 1 is 1.42 bits per heavy atom. The maximum atomic E-state index is 12.0. The molecule has 0 bridgehead atoms. The van der Waals surface area contributed by atoms with Crippen molar-refractivity contribution >= 4 is 12.1 Å². The lowest BCUT2D eigenvalue weighted by Gasteiger charge is -2.24. The van der Waals surface area contributed by atoms with Gasteiger partial charge in [0.1, 0.15) is 18.3 Å². The lowest BCUT2D eigenvalue weighted by molar-refractivity contribution is 0.0291. The second-order valence-corrected chi connectivity index (χ2v) is 7.05. The molecule has 24 heavy (non-hydrogen) atoms. The van der Waals surface area contributed by atoms with Crippen LogP contribution in [-0.4, -0.2) is 62.6 Å². The van der Waals surface area contributed by atoms with Crippen LogP contribution in [0.2, 0.25) is 0 Å². The van der Waals surface area contributed by atoms with Gasteiger partial charge in [-0.15, -0.1) is 0 Å². The molecule has 2 N–H and O–H groups in total. The molecule has 9 heteroatoms. The second kappa shape index (κ2) is 7.50. The zero-order valence-electron chi connectivity index (χ0n) is 14.7. The highest BCUT2D eigenvalue weighted by atomic mass is 16.6. The molecule has 2 atom stereocenters. The van der Waals surface area contributed by atoms with Gasteiger partial charge >= 0.3 is 12.1 Å². The monoisotopic (exact) mass is 338 g/mol.